The van der Waals surface area contributed by atoms with Crippen molar-refractivity contribution in [2.75, 3.05) is 13.6 Å². The first-order valence-corrected chi connectivity index (χ1v) is 6.69. The highest BCUT2D eigenvalue weighted by atomic mass is 16.4. The number of nitrogens with two attached hydrogens (primary N) is 1. The van der Waals surface area contributed by atoms with Crippen molar-refractivity contribution in [3.8, 4) is 0 Å². The van der Waals surface area contributed by atoms with Crippen molar-refractivity contribution >= 4 is 17.6 Å². The molecule has 2 amide bonds. The summed E-state index contributed by atoms with van der Waals surface area (Å²) in [6.07, 6.45) is 1.45. The number of rotatable bonds is 3. The molecule has 1 saturated heterocycles. The second-order valence-corrected chi connectivity index (χ2v) is 4.84. The van der Waals surface area contributed by atoms with Crippen LogP contribution in [0.1, 0.15) is 28.8 Å². The maximum absolute atomic E-state index is 12.5. The van der Waals surface area contributed by atoms with E-state index in [1.807, 2.05) is 0 Å². The number of likely N-dealkylation sites (N-methyl/N-ethyl adjacent to an activating group) is 1. The summed E-state index contributed by atoms with van der Waals surface area (Å²) in [6.45, 7) is 0.546. The molecule has 0 saturated carbocycles. The van der Waals surface area contributed by atoms with E-state index in [-0.39, 0.29) is 17.6 Å². The van der Waals surface area contributed by atoms with Gasteiger partial charge in [-0.15, -0.1) is 0 Å². The van der Waals surface area contributed by atoms with Gasteiger partial charge in [0.2, 0.25) is 5.91 Å². The maximum Gasteiger partial charge on any atom is 0.254 e. The van der Waals surface area contributed by atoms with Crippen LogP contribution in [-0.2, 0) is 4.79 Å². The third-order valence-corrected chi connectivity index (χ3v) is 3.58. The number of amides is 2. The molecule has 1 aromatic carbocycles. The zero-order valence-corrected chi connectivity index (χ0v) is 11.7. The van der Waals surface area contributed by atoms with Crippen LogP contribution in [-0.4, -0.2) is 47.4 Å². The average molecular weight is 290 g/mol. The van der Waals surface area contributed by atoms with Gasteiger partial charge >= 0.3 is 0 Å². The van der Waals surface area contributed by atoms with Crippen LogP contribution in [0.25, 0.3) is 0 Å². The lowest BCUT2D eigenvalue weighted by Gasteiger charge is -2.23. The van der Waals surface area contributed by atoms with E-state index >= 15 is 0 Å². The van der Waals surface area contributed by atoms with Crippen molar-refractivity contribution < 1.29 is 14.8 Å². The molecule has 1 aliphatic heterocycles. The molecule has 0 spiro atoms. The number of likely N-dealkylation sites (tertiary alicyclic amines) is 1. The van der Waals surface area contributed by atoms with Gasteiger partial charge in [-0.3, -0.25) is 9.59 Å². The van der Waals surface area contributed by atoms with E-state index in [0.717, 1.165) is 6.42 Å². The van der Waals surface area contributed by atoms with Crippen LogP contribution in [0.15, 0.2) is 29.4 Å². The summed E-state index contributed by atoms with van der Waals surface area (Å²) in [5, 5.41) is 14.2. The monoisotopic (exact) mass is 290 g/mol. The Hall–Kier alpha value is -2.57. The Labute approximate surface area is 122 Å². The molecule has 1 aliphatic rings. The molecule has 0 radical (unpaired) electrons. The highest BCUT2D eigenvalue weighted by molar-refractivity contribution is 6.02. The fraction of sp³-hybridized carbons (Fsp3) is 0.357. The molecule has 4 N–H and O–H groups in total. The molecule has 0 aliphatic carbocycles. The summed E-state index contributed by atoms with van der Waals surface area (Å²) in [5.74, 6) is -0.448. The van der Waals surface area contributed by atoms with E-state index in [9.17, 15) is 9.59 Å². The van der Waals surface area contributed by atoms with Gasteiger partial charge in [0.1, 0.15) is 6.04 Å². The van der Waals surface area contributed by atoms with Gasteiger partial charge in [-0.1, -0.05) is 17.3 Å². The Bertz CT molecular complexity index is 585. The van der Waals surface area contributed by atoms with E-state index in [4.69, 9.17) is 10.9 Å². The van der Waals surface area contributed by atoms with Crippen LogP contribution in [0.2, 0.25) is 0 Å². The van der Waals surface area contributed by atoms with E-state index in [2.05, 4.69) is 10.5 Å². The Balaban J connectivity index is 2.25. The molecular formula is C14H18N4O3. The number of carbonyl (C=O) groups excluding carboxylic acids is 2. The first-order valence-electron chi connectivity index (χ1n) is 6.69. The van der Waals surface area contributed by atoms with Crippen LogP contribution < -0.4 is 11.1 Å². The summed E-state index contributed by atoms with van der Waals surface area (Å²) in [4.78, 5) is 25.9. The highest BCUT2D eigenvalue weighted by Gasteiger charge is 2.33. The van der Waals surface area contributed by atoms with Gasteiger partial charge in [0.15, 0.2) is 5.84 Å². The number of carbonyl (C=O) groups is 2. The van der Waals surface area contributed by atoms with Gasteiger partial charge in [-0.25, -0.2) is 0 Å². The van der Waals surface area contributed by atoms with Crippen LogP contribution >= 0.6 is 0 Å². The lowest BCUT2D eigenvalue weighted by molar-refractivity contribution is -0.124. The first-order chi connectivity index (χ1) is 10.1. The van der Waals surface area contributed by atoms with Crippen LogP contribution in [0, 0.1) is 0 Å². The molecule has 112 valence electrons. The number of nitrogens with zero attached hydrogens (tertiary/aromatic N) is 2. The van der Waals surface area contributed by atoms with Crippen molar-refractivity contribution in [1.82, 2.24) is 10.2 Å². The SMILES string of the molecule is CNC(=O)C1CCCN1C(=O)c1cccc(C(N)=NO)c1. The highest BCUT2D eigenvalue weighted by Crippen LogP contribution is 2.20. The van der Waals surface area contributed by atoms with Gasteiger partial charge in [0.05, 0.1) is 0 Å². The molecular weight excluding hydrogens is 272 g/mol. The Morgan fingerprint density at radius 1 is 1.43 bits per heavy atom. The van der Waals surface area contributed by atoms with Crippen LogP contribution in [0.4, 0.5) is 0 Å². The molecule has 1 unspecified atom stereocenters. The summed E-state index contributed by atoms with van der Waals surface area (Å²) >= 11 is 0. The van der Waals surface area contributed by atoms with Gasteiger partial charge in [0.25, 0.3) is 5.91 Å². The topological polar surface area (TPSA) is 108 Å². The Morgan fingerprint density at radius 2 is 2.14 bits per heavy atom. The molecule has 1 aromatic rings. The van der Waals surface area contributed by atoms with Gasteiger partial charge in [0, 0.05) is 24.7 Å². The predicted octanol–water partition coefficient (Wildman–Crippen LogP) is 0.132. The van der Waals surface area contributed by atoms with E-state index in [0.29, 0.717) is 24.1 Å². The van der Waals surface area contributed by atoms with Crippen molar-refractivity contribution in [3.63, 3.8) is 0 Å². The molecule has 0 bridgehead atoms. The van der Waals surface area contributed by atoms with Crippen molar-refractivity contribution in [1.29, 1.82) is 0 Å². The summed E-state index contributed by atoms with van der Waals surface area (Å²) in [6, 6.07) is 6.07. The van der Waals surface area contributed by atoms with E-state index in [1.54, 1.807) is 36.2 Å². The van der Waals surface area contributed by atoms with E-state index in [1.165, 1.54) is 0 Å². The molecule has 7 heteroatoms. The molecule has 7 nitrogen and oxygen atoms in total. The number of nitrogens with one attached hydrogen (secondary N) is 1. The predicted molar refractivity (Wildman–Crippen MR) is 77.1 cm³/mol. The third kappa shape index (κ3) is 2.96. The number of amidine groups is 1. The van der Waals surface area contributed by atoms with Crippen LogP contribution in [0.5, 0.6) is 0 Å². The number of hydrogen-bond donors (Lipinski definition) is 3. The lowest BCUT2D eigenvalue weighted by Crippen LogP contribution is -2.44. The fourth-order valence-corrected chi connectivity index (χ4v) is 2.48. The Morgan fingerprint density at radius 3 is 2.81 bits per heavy atom. The zero-order chi connectivity index (χ0) is 15.4. The molecule has 1 fully saturated rings. The smallest absolute Gasteiger partial charge is 0.254 e. The normalized spacial score (nSPS) is 18.6. The van der Waals surface area contributed by atoms with Gasteiger partial charge in [-0.05, 0) is 25.0 Å². The van der Waals surface area contributed by atoms with Crippen molar-refractivity contribution in [2.45, 2.75) is 18.9 Å². The fourth-order valence-electron chi connectivity index (χ4n) is 2.48. The number of benzene rings is 1. The van der Waals surface area contributed by atoms with Crippen molar-refractivity contribution in [2.24, 2.45) is 10.9 Å². The first kappa shape index (κ1) is 14.8. The Kier molecular flexibility index (Phi) is 4.42. The summed E-state index contributed by atoms with van der Waals surface area (Å²) in [7, 11) is 1.56. The second-order valence-electron chi connectivity index (χ2n) is 4.84. The van der Waals surface area contributed by atoms with Gasteiger partial charge < -0.3 is 21.2 Å². The largest absolute Gasteiger partial charge is 0.409 e. The molecule has 1 heterocycles. The van der Waals surface area contributed by atoms with Crippen LogP contribution in [0.3, 0.4) is 0 Å². The molecule has 2 rings (SSSR count). The molecule has 21 heavy (non-hydrogen) atoms. The minimum absolute atomic E-state index is 0.0612. The molecule has 0 aromatic heterocycles. The average Bonchev–Trinajstić information content (AvgIpc) is 3.02. The minimum Gasteiger partial charge on any atom is -0.409 e. The van der Waals surface area contributed by atoms with Crippen molar-refractivity contribution in [3.05, 3.63) is 35.4 Å². The van der Waals surface area contributed by atoms with E-state index < -0.39 is 6.04 Å². The summed E-state index contributed by atoms with van der Waals surface area (Å²) in [5.41, 5.74) is 6.39. The van der Waals surface area contributed by atoms with Gasteiger partial charge in [-0.2, -0.15) is 0 Å². The number of oxime groups is 1. The lowest BCUT2D eigenvalue weighted by atomic mass is 10.1. The quantitative estimate of drug-likeness (QED) is 0.318. The third-order valence-electron chi connectivity index (χ3n) is 3.58. The molecule has 1 atom stereocenters. The minimum atomic E-state index is -0.435. The number of hydrogen-bond acceptors (Lipinski definition) is 4. The maximum atomic E-state index is 12.5. The second kappa shape index (κ2) is 6.25. The summed E-state index contributed by atoms with van der Waals surface area (Å²) < 4.78 is 0. The zero-order valence-electron chi connectivity index (χ0n) is 11.7. The standard InChI is InChI=1S/C14H18N4O3/c1-16-13(19)11-6-3-7-18(11)14(20)10-5-2-4-9(8-10)12(15)17-21/h2,4-5,8,11,21H,3,6-7H2,1H3,(H2,15,17)(H,16,19).